The predicted molar refractivity (Wildman–Crippen MR) is 45.3 cm³/mol. The van der Waals surface area contributed by atoms with E-state index in [0.717, 1.165) is 11.2 Å². The lowest BCUT2D eigenvalue weighted by atomic mass is 10.4. The van der Waals surface area contributed by atoms with Crippen molar-refractivity contribution < 1.29 is 0 Å². The molecule has 12 heavy (non-hydrogen) atoms. The van der Waals surface area contributed by atoms with Crippen LogP contribution in [0.15, 0.2) is 6.20 Å². The second kappa shape index (κ2) is 2.42. The van der Waals surface area contributed by atoms with Crippen molar-refractivity contribution in [2.75, 3.05) is 0 Å². The molecule has 0 fully saturated rings. The SMILES string of the molecule is Cc1nc(Cl)n2ncc(C)c2n1. The molecular formula is C7H7ClN4. The molecule has 2 aromatic rings. The highest BCUT2D eigenvalue weighted by Gasteiger charge is 2.05. The topological polar surface area (TPSA) is 43.1 Å². The van der Waals surface area contributed by atoms with Crippen LogP contribution in [0.5, 0.6) is 0 Å². The van der Waals surface area contributed by atoms with E-state index in [2.05, 4.69) is 15.1 Å². The monoisotopic (exact) mass is 182 g/mol. The van der Waals surface area contributed by atoms with Crippen LogP contribution in [0, 0.1) is 13.8 Å². The second-order valence-electron chi connectivity index (χ2n) is 2.60. The number of halogens is 1. The van der Waals surface area contributed by atoms with Gasteiger partial charge < -0.3 is 0 Å². The summed E-state index contributed by atoms with van der Waals surface area (Å²) in [6.45, 7) is 3.74. The van der Waals surface area contributed by atoms with Crippen molar-refractivity contribution in [1.29, 1.82) is 0 Å². The highest BCUT2D eigenvalue weighted by atomic mass is 35.5. The summed E-state index contributed by atoms with van der Waals surface area (Å²) in [5, 5.41) is 4.37. The second-order valence-corrected chi connectivity index (χ2v) is 2.94. The van der Waals surface area contributed by atoms with Gasteiger partial charge in [0.25, 0.3) is 0 Å². The Morgan fingerprint density at radius 1 is 1.33 bits per heavy atom. The Kier molecular flexibility index (Phi) is 1.51. The van der Waals surface area contributed by atoms with Crippen LogP contribution in [0.25, 0.3) is 5.65 Å². The molecule has 2 heterocycles. The molecule has 0 aromatic carbocycles. The van der Waals surface area contributed by atoms with Crippen LogP contribution >= 0.6 is 11.6 Å². The van der Waals surface area contributed by atoms with Crippen LogP contribution < -0.4 is 0 Å². The first-order valence-corrected chi connectivity index (χ1v) is 3.91. The van der Waals surface area contributed by atoms with Crippen molar-refractivity contribution in [3.63, 3.8) is 0 Å². The number of fused-ring (bicyclic) bond motifs is 1. The minimum absolute atomic E-state index is 0.352. The third kappa shape index (κ3) is 0.956. The minimum atomic E-state index is 0.352. The first-order chi connectivity index (χ1) is 5.68. The zero-order valence-corrected chi connectivity index (χ0v) is 7.50. The molecule has 62 valence electrons. The third-order valence-corrected chi connectivity index (χ3v) is 1.86. The van der Waals surface area contributed by atoms with Gasteiger partial charge in [0, 0.05) is 5.56 Å². The molecule has 0 aliphatic heterocycles. The van der Waals surface area contributed by atoms with Crippen molar-refractivity contribution in [3.05, 3.63) is 22.9 Å². The van der Waals surface area contributed by atoms with E-state index in [4.69, 9.17) is 11.6 Å². The highest BCUT2D eigenvalue weighted by molar-refractivity contribution is 6.28. The fourth-order valence-electron chi connectivity index (χ4n) is 1.05. The number of rotatable bonds is 0. The molecule has 0 N–H and O–H groups in total. The number of aromatic nitrogens is 4. The van der Waals surface area contributed by atoms with Crippen molar-refractivity contribution in [2.45, 2.75) is 13.8 Å². The lowest BCUT2D eigenvalue weighted by molar-refractivity contribution is 0.870. The number of hydrogen-bond acceptors (Lipinski definition) is 3. The number of aryl methyl sites for hydroxylation is 2. The Labute approximate surface area is 74.2 Å². The van der Waals surface area contributed by atoms with Crippen molar-refractivity contribution >= 4 is 17.2 Å². The lowest BCUT2D eigenvalue weighted by Crippen LogP contribution is -1.98. The molecule has 0 amide bonds. The van der Waals surface area contributed by atoms with Gasteiger partial charge in [-0.1, -0.05) is 0 Å². The van der Waals surface area contributed by atoms with Gasteiger partial charge >= 0.3 is 0 Å². The normalized spacial score (nSPS) is 10.9. The maximum absolute atomic E-state index is 5.82. The van der Waals surface area contributed by atoms with Crippen LogP contribution in [-0.4, -0.2) is 19.6 Å². The molecule has 0 aliphatic rings. The molecule has 0 aliphatic carbocycles. The Bertz CT molecular complexity index is 434. The molecule has 2 rings (SSSR count). The van der Waals surface area contributed by atoms with Crippen LogP contribution in [0.2, 0.25) is 5.28 Å². The largest absolute Gasteiger partial charge is 0.227 e. The fraction of sp³-hybridized carbons (Fsp3) is 0.286. The predicted octanol–water partition coefficient (Wildman–Crippen LogP) is 1.39. The summed E-state index contributed by atoms with van der Waals surface area (Å²) >= 11 is 5.82. The van der Waals surface area contributed by atoms with Gasteiger partial charge in [-0.25, -0.2) is 9.97 Å². The molecule has 0 bridgehead atoms. The Morgan fingerprint density at radius 3 is 2.83 bits per heavy atom. The smallest absolute Gasteiger partial charge is 0.214 e. The number of hydrogen-bond donors (Lipinski definition) is 0. The standard InChI is InChI=1S/C7H7ClN4/c1-4-3-9-12-6(4)10-5(2)11-7(12)8/h3H,1-2H3. The van der Waals surface area contributed by atoms with Gasteiger partial charge in [-0.15, -0.1) is 0 Å². The highest BCUT2D eigenvalue weighted by Crippen LogP contribution is 2.11. The summed E-state index contributed by atoms with van der Waals surface area (Å²) in [5.41, 5.74) is 1.77. The molecule has 5 heteroatoms. The molecule has 4 nitrogen and oxygen atoms in total. The molecule has 2 aromatic heterocycles. The Morgan fingerprint density at radius 2 is 2.08 bits per heavy atom. The summed E-state index contributed by atoms with van der Waals surface area (Å²) in [4.78, 5) is 8.17. The molecular weight excluding hydrogens is 176 g/mol. The fourth-order valence-corrected chi connectivity index (χ4v) is 1.30. The van der Waals surface area contributed by atoms with E-state index in [-0.39, 0.29) is 0 Å². The Hall–Kier alpha value is -1.16. The quantitative estimate of drug-likeness (QED) is 0.619. The molecule has 0 unspecified atom stereocenters. The summed E-state index contributed by atoms with van der Waals surface area (Å²) in [6, 6.07) is 0. The van der Waals surface area contributed by atoms with E-state index < -0.39 is 0 Å². The summed E-state index contributed by atoms with van der Waals surface area (Å²) in [5.74, 6) is 0.663. The van der Waals surface area contributed by atoms with Crippen LogP contribution in [0.4, 0.5) is 0 Å². The number of nitrogens with zero attached hydrogens (tertiary/aromatic N) is 4. The maximum Gasteiger partial charge on any atom is 0.227 e. The van der Waals surface area contributed by atoms with E-state index >= 15 is 0 Å². The zero-order chi connectivity index (χ0) is 8.72. The van der Waals surface area contributed by atoms with Crippen LogP contribution in [0.3, 0.4) is 0 Å². The average molecular weight is 183 g/mol. The van der Waals surface area contributed by atoms with Crippen molar-refractivity contribution in [3.8, 4) is 0 Å². The van der Waals surface area contributed by atoms with E-state index in [9.17, 15) is 0 Å². The van der Waals surface area contributed by atoms with E-state index in [0.29, 0.717) is 11.1 Å². The van der Waals surface area contributed by atoms with E-state index in [1.165, 1.54) is 4.52 Å². The lowest BCUT2D eigenvalue weighted by Gasteiger charge is -1.96. The van der Waals surface area contributed by atoms with Gasteiger partial charge in [0.2, 0.25) is 5.28 Å². The molecule has 0 spiro atoms. The van der Waals surface area contributed by atoms with Gasteiger partial charge in [0.1, 0.15) is 5.82 Å². The molecule has 0 saturated carbocycles. The van der Waals surface area contributed by atoms with Crippen molar-refractivity contribution in [1.82, 2.24) is 19.6 Å². The first kappa shape index (κ1) is 7.49. The average Bonchev–Trinajstić information content (AvgIpc) is 2.33. The van der Waals surface area contributed by atoms with Gasteiger partial charge in [-0.05, 0) is 25.4 Å². The maximum atomic E-state index is 5.82. The molecule has 0 radical (unpaired) electrons. The molecule has 0 atom stereocenters. The summed E-state index contributed by atoms with van der Waals surface area (Å²) in [7, 11) is 0. The first-order valence-electron chi connectivity index (χ1n) is 3.53. The third-order valence-electron chi connectivity index (χ3n) is 1.62. The summed E-state index contributed by atoms with van der Waals surface area (Å²) < 4.78 is 1.52. The van der Waals surface area contributed by atoms with Gasteiger partial charge in [-0.2, -0.15) is 9.61 Å². The summed E-state index contributed by atoms with van der Waals surface area (Å²) in [6.07, 6.45) is 1.72. The molecule has 0 saturated heterocycles. The van der Waals surface area contributed by atoms with Gasteiger partial charge in [0.05, 0.1) is 6.20 Å². The van der Waals surface area contributed by atoms with Crippen molar-refractivity contribution in [2.24, 2.45) is 0 Å². The zero-order valence-electron chi connectivity index (χ0n) is 6.74. The van der Waals surface area contributed by atoms with Crippen LogP contribution in [-0.2, 0) is 0 Å². The van der Waals surface area contributed by atoms with E-state index in [1.54, 1.807) is 13.1 Å². The van der Waals surface area contributed by atoms with Gasteiger partial charge in [0.15, 0.2) is 5.65 Å². The Balaban J connectivity index is 2.92. The van der Waals surface area contributed by atoms with Crippen LogP contribution in [0.1, 0.15) is 11.4 Å². The van der Waals surface area contributed by atoms with E-state index in [1.807, 2.05) is 6.92 Å². The minimum Gasteiger partial charge on any atom is -0.214 e. The van der Waals surface area contributed by atoms with Gasteiger partial charge in [-0.3, -0.25) is 0 Å².